The van der Waals surface area contributed by atoms with Crippen molar-refractivity contribution < 1.29 is 23.5 Å². The molecule has 1 aromatic rings. The summed E-state index contributed by atoms with van der Waals surface area (Å²) in [5, 5.41) is 2.86. The number of hydrogen-bond acceptors (Lipinski definition) is 4. The van der Waals surface area contributed by atoms with Gasteiger partial charge < -0.3 is 19.7 Å². The van der Waals surface area contributed by atoms with Crippen molar-refractivity contribution in [3.8, 4) is 5.75 Å². The lowest BCUT2D eigenvalue weighted by Crippen LogP contribution is -2.46. The van der Waals surface area contributed by atoms with Gasteiger partial charge in [-0.1, -0.05) is 0 Å². The molecule has 0 unspecified atom stereocenters. The Labute approximate surface area is 134 Å². The van der Waals surface area contributed by atoms with Crippen molar-refractivity contribution in [2.24, 2.45) is 0 Å². The summed E-state index contributed by atoms with van der Waals surface area (Å²) in [4.78, 5) is 25.5. The SMILES string of the molecule is CCOC(=O)N1CCC(NC(=O)c2cc(F)ccc2OC)CC1. The smallest absolute Gasteiger partial charge is 0.409 e. The third-order valence-electron chi connectivity index (χ3n) is 3.76. The Morgan fingerprint density at radius 1 is 1.35 bits per heavy atom. The number of rotatable bonds is 4. The number of carbonyl (C=O) groups excluding carboxylic acids is 2. The molecule has 1 saturated heterocycles. The maximum absolute atomic E-state index is 13.3. The highest BCUT2D eigenvalue weighted by Crippen LogP contribution is 2.20. The summed E-state index contributed by atoms with van der Waals surface area (Å²) in [7, 11) is 1.43. The molecular weight excluding hydrogens is 303 g/mol. The van der Waals surface area contributed by atoms with Crippen LogP contribution in [0.15, 0.2) is 18.2 Å². The molecule has 7 heteroatoms. The average molecular weight is 324 g/mol. The van der Waals surface area contributed by atoms with Crippen LogP contribution in [0.2, 0.25) is 0 Å². The van der Waals surface area contributed by atoms with Gasteiger partial charge in [-0.15, -0.1) is 0 Å². The molecule has 2 rings (SSSR count). The van der Waals surface area contributed by atoms with Crippen LogP contribution < -0.4 is 10.1 Å². The normalized spacial score (nSPS) is 15.2. The second-order valence-electron chi connectivity index (χ2n) is 5.28. The predicted molar refractivity (Wildman–Crippen MR) is 82.0 cm³/mol. The average Bonchev–Trinajstić information content (AvgIpc) is 2.55. The Bertz CT molecular complexity index is 571. The molecule has 126 valence electrons. The van der Waals surface area contributed by atoms with E-state index < -0.39 is 5.82 Å². The van der Waals surface area contributed by atoms with Gasteiger partial charge in [0.2, 0.25) is 0 Å². The third-order valence-corrected chi connectivity index (χ3v) is 3.76. The van der Waals surface area contributed by atoms with Crippen molar-refractivity contribution in [2.45, 2.75) is 25.8 Å². The van der Waals surface area contributed by atoms with Crippen LogP contribution in [0.4, 0.5) is 9.18 Å². The van der Waals surface area contributed by atoms with Crippen molar-refractivity contribution in [1.29, 1.82) is 0 Å². The number of methoxy groups -OCH3 is 1. The summed E-state index contributed by atoms with van der Waals surface area (Å²) in [6.07, 6.45) is 0.925. The lowest BCUT2D eigenvalue weighted by atomic mass is 10.0. The zero-order valence-corrected chi connectivity index (χ0v) is 13.3. The van der Waals surface area contributed by atoms with Gasteiger partial charge in [0, 0.05) is 19.1 Å². The summed E-state index contributed by atoms with van der Waals surface area (Å²) >= 11 is 0. The molecule has 1 aliphatic heterocycles. The highest BCUT2D eigenvalue weighted by molar-refractivity contribution is 5.97. The number of ether oxygens (including phenoxy) is 2. The largest absolute Gasteiger partial charge is 0.496 e. The molecule has 0 radical (unpaired) electrons. The first-order valence-corrected chi connectivity index (χ1v) is 7.61. The number of piperidine rings is 1. The van der Waals surface area contributed by atoms with Crippen molar-refractivity contribution in [3.63, 3.8) is 0 Å². The van der Waals surface area contributed by atoms with E-state index in [9.17, 15) is 14.0 Å². The molecule has 0 spiro atoms. The minimum atomic E-state index is -0.493. The molecule has 6 nitrogen and oxygen atoms in total. The van der Waals surface area contributed by atoms with E-state index in [0.29, 0.717) is 38.3 Å². The lowest BCUT2D eigenvalue weighted by molar-refractivity contribution is 0.0858. The zero-order valence-electron chi connectivity index (χ0n) is 13.3. The van der Waals surface area contributed by atoms with E-state index >= 15 is 0 Å². The molecule has 1 heterocycles. The molecule has 0 aliphatic carbocycles. The van der Waals surface area contributed by atoms with E-state index in [1.54, 1.807) is 11.8 Å². The van der Waals surface area contributed by atoms with Gasteiger partial charge in [0.1, 0.15) is 11.6 Å². The van der Waals surface area contributed by atoms with E-state index in [4.69, 9.17) is 9.47 Å². The second kappa shape index (κ2) is 7.80. The number of hydrogen-bond donors (Lipinski definition) is 1. The number of carbonyl (C=O) groups is 2. The predicted octanol–water partition coefficient (Wildman–Crippen LogP) is 2.18. The molecular formula is C16H21FN2O4. The minimum absolute atomic E-state index is 0.0684. The topological polar surface area (TPSA) is 67.9 Å². The molecule has 0 bridgehead atoms. The molecule has 23 heavy (non-hydrogen) atoms. The summed E-state index contributed by atoms with van der Waals surface area (Å²) < 4.78 is 23.4. The van der Waals surface area contributed by atoms with Crippen LogP contribution in [0.5, 0.6) is 5.75 Å². The molecule has 0 aromatic heterocycles. The fourth-order valence-corrected chi connectivity index (χ4v) is 2.54. The Morgan fingerprint density at radius 3 is 2.65 bits per heavy atom. The number of nitrogens with zero attached hydrogens (tertiary/aromatic N) is 1. The number of likely N-dealkylation sites (tertiary alicyclic amines) is 1. The van der Waals surface area contributed by atoms with Gasteiger partial charge in [-0.05, 0) is 38.0 Å². The van der Waals surface area contributed by atoms with Crippen LogP contribution in [-0.4, -0.2) is 49.7 Å². The van der Waals surface area contributed by atoms with Crippen molar-refractivity contribution in [1.82, 2.24) is 10.2 Å². The van der Waals surface area contributed by atoms with Crippen LogP contribution in [0.3, 0.4) is 0 Å². The highest BCUT2D eigenvalue weighted by atomic mass is 19.1. The number of amides is 2. The Balaban J connectivity index is 1.93. The van der Waals surface area contributed by atoms with Crippen LogP contribution >= 0.6 is 0 Å². The Morgan fingerprint density at radius 2 is 2.04 bits per heavy atom. The molecule has 1 aliphatic rings. The monoisotopic (exact) mass is 324 g/mol. The van der Waals surface area contributed by atoms with E-state index in [2.05, 4.69) is 5.32 Å². The van der Waals surface area contributed by atoms with Crippen LogP contribution in [0.25, 0.3) is 0 Å². The van der Waals surface area contributed by atoms with Crippen molar-refractivity contribution in [3.05, 3.63) is 29.6 Å². The van der Waals surface area contributed by atoms with Gasteiger partial charge in [0.15, 0.2) is 0 Å². The minimum Gasteiger partial charge on any atom is -0.496 e. The molecule has 1 N–H and O–H groups in total. The van der Waals surface area contributed by atoms with Gasteiger partial charge >= 0.3 is 6.09 Å². The maximum Gasteiger partial charge on any atom is 0.409 e. The summed E-state index contributed by atoms with van der Waals surface area (Å²) in [6, 6.07) is 3.75. The summed E-state index contributed by atoms with van der Waals surface area (Å²) in [6.45, 7) is 3.14. The number of halogens is 1. The van der Waals surface area contributed by atoms with E-state index in [0.717, 1.165) is 6.07 Å². The first kappa shape index (κ1) is 17.1. The zero-order chi connectivity index (χ0) is 16.8. The van der Waals surface area contributed by atoms with Crippen LogP contribution in [0, 0.1) is 5.82 Å². The number of benzene rings is 1. The molecule has 0 saturated carbocycles. The standard InChI is InChI=1S/C16H21FN2O4/c1-3-23-16(21)19-8-6-12(7-9-19)18-15(20)13-10-11(17)4-5-14(13)22-2/h4-5,10,12H,3,6-9H2,1-2H3,(H,18,20). The quantitative estimate of drug-likeness (QED) is 0.922. The molecule has 0 atom stereocenters. The van der Waals surface area contributed by atoms with E-state index in [1.165, 1.54) is 19.2 Å². The van der Waals surface area contributed by atoms with Gasteiger partial charge in [-0.3, -0.25) is 4.79 Å². The second-order valence-corrected chi connectivity index (χ2v) is 5.28. The van der Waals surface area contributed by atoms with Crippen molar-refractivity contribution >= 4 is 12.0 Å². The fourth-order valence-electron chi connectivity index (χ4n) is 2.54. The van der Waals surface area contributed by atoms with Crippen LogP contribution in [0.1, 0.15) is 30.1 Å². The van der Waals surface area contributed by atoms with E-state index in [-0.39, 0.29) is 23.6 Å². The summed E-state index contributed by atoms with van der Waals surface area (Å²) in [5.74, 6) is -0.545. The summed E-state index contributed by atoms with van der Waals surface area (Å²) in [5.41, 5.74) is 0.167. The Kier molecular flexibility index (Phi) is 5.78. The molecule has 1 fully saturated rings. The van der Waals surface area contributed by atoms with Gasteiger partial charge in [0.05, 0.1) is 19.3 Å². The fraction of sp³-hybridized carbons (Fsp3) is 0.500. The lowest BCUT2D eigenvalue weighted by Gasteiger charge is -2.31. The third kappa shape index (κ3) is 4.34. The molecule has 1 aromatic carbocycles. The first-order chi connectivity index (χ1) is 11.0. The first-order valence-electron chi connectivity index (χ1n) is 7.61. The van der Waals surface area contributed by atoms with Gasteiger partial charge in [-0.2, -0.15) is 0 Å². The van der Waals surface area contributed by atoms with Crippen LogP contribution in [-0.2, 0) is 4.74 Å². The maximum atomic E-state index is 13.3. The van der Waals surface area contributed by atoms with Gasteiger partial charge in [-0.25, -0.2) is 9.18 Å². The molecule has 2 amide bonds. The number of nitrogens with one attached hydrogen (secondary N) is 1. The Hall–Kier alpha value is -2.31. The highest BCUT2D eigenvalue weighted by Gasteiger charge is 2.25. The van der Waals surface area contributed by atoms with E-state index in [1.807, 2.05) is 0 Å². The van der Waals surface area contributed by atoms with Gasteiger partial charge in [0.25, 0.3) is 5.91 Å². The van der Waals surface area contributed by atoms with Crippen molar-refractivity contribution in [2.75, 3.05) is 26.8 Å².